The summed E-state index contributed by atoms with van der Waals surface area (Å²) >= 11 is 0. The third kappa shape index (κ3) is 3.78. The van der Waals surface area contributed by atoms with E-state index in [2.05, 4.69) is 15.6 Å². The highest BCUT2D eigenvalue weighted by Crippen LogP contribution is 2.10. The lowest BCUT2D eigenvalue weighted by molar-refractivity contribution is -0.141. The van der Waals surface area contributed by atoms with Gasteiger partial charge in [0, 0.05) is 32.4 Å². The molecule has 1 aliphatic heterocycles. The van der Waals surface area contributed by atoms with Crippen LogP contribution in [0.2, 0.25) is 0 Å². The molecule has 1 aromatic heterocycles. The van der Waals surface area contributed by atoms with Crippen LogP contribution in [0.5, 0.6) is 0 Å². The molecule has 1 atom stereocenters. The van der Waals surface area contributed by atoms with E-state index in [1.54, 1.807) is 11.1 Å². The molecule has 1 saturated heterocycles. The van der Waals surface area contributed by atoms with Gasteiger partial charge >= 0.3 is 0 Å². The molecule has 1 aromatic rings. The van der Waals surface area contributed by atoms with Gasteiger partial charge in [-0.1, -0.05) is 6.07 Å². The number of aryl methyl sites for hydroxylation is 1. The van der Waals surface area contributed by atoms with E-state index in [0.29, 0.717) is 26.2 Å². The van der Waals surface area contributed by atoms with Crippen LogP contribution in [0.25, 0.3) is 0 Å². The summed E-state index contributed by atoms with van der Waals surface area (Å²) in [4.78, 5) is 30.5. The molecule has 0 aromatic carbocycles. The van der Waals surface area contributed by atoms with Crippen molar-refractivity contribution in [3.63, 3.8) is 0 Å². The summed E-state index contributed by atoms with van der Waals surface area (Å²) in [5.41, 5.74) is 1.77. The van der Waals surface area contributed by atoms with E-state index >= 15 is 0 Å². The summed E-state index contributed by atoms with van der Waals surface area (Å²) in [5, 5.41) is 5.95. The molecular weight excluding hydrogens is 268 g/mol. The largest absolute Gasteiger partial charge is 0.355 e. The normalized spacial score (nSPS) is 18.4. The van der Waals surface area contributed by atoms with E-state index in [-0.39, 0.29) is 18.2 Å². The molecule has 1 unspecified atom stereocenters. The van der Waals surface area contributed by atoms with Crippen LogP contribution in [0, 0.1) is 6.92 Å². The Morgan fingerprint density at radius 3 is 3.05 bits per heavy atom. The topological polar surface area (TPSA) is 74.3 Å². The predicted octanol–water partition coefficient (Wildman–Crippen LogP) is -0.131. The monoisotopic (exact) mass is 290 g/mol. The van der Waals surface area contributed by atoms with Crippen LogP contribution >= 0.6 is 0 Å². The number of pyridine rings is 1. The van der Waals surface area contributed by atoms with Crippen molar-refractivity contribution in [1.29, 1.82) is 0 Å². The number of nitrogens with one attached hydrogen (secondary N) is 2. The first-order chi connectivity index (χ1) is 10.1. The lowest BCUT2D eigenvalue weighted by Crippen LogP contribution is -2.59. The number of hydrogen-bond acceptors (Lipinski definition) is 4. The molecule has 0 spiro atoms. The molecular formula is C15H22N4O2. The minimum Gasteiger partial charge on any atom is -0.355 e. The van der Waals surface area contributed by atoms with E-state index < -0.39 is 6.04 Å². The zero-order valence-corrected chi connectivity index (χ0v) is 12.6. The number of likely N-dealkylation sites (N-methyl/N-ethyl adjacent to an activating group) is 1. The van der Waals surface area contributed by atoms with Crippen LogP contribution in [0.4, 0.5) is 0 Å². The molecule has 1 fully saturated rings. The zero-order chi connectivity index (χ0) is 15.2. The molecule has 2 rings (SSSR count). The fourth-order valence-corrected chi connectivity index (χ4v) is 2.48. The average molecular weight is 290 g/mol. The van der Waals surface area contributed by atoms with Crippen molar-refractivity contribution >= 4 is 11.8 Å². The van der Waals surface area contributed by atoms with E-state index in [0.717, 1.165) is 11.3 Å². The smallest absolute Gasteiger partial charge is 0.244 e. The van der Waals surface area contributed by atoms with Crippen molar-refractivity contribution in [3.8, 4) is 0 Å². The molecule has 2 N–H and O–H groups in total. The SMILES string of the molecule is CCNC(=O)C1CNCCN1C(=O)Cc1ncccc1C. The molecule has 2 amide bonds. The Labute approximate surface area is 124 Å². The molecule has 1 aliphatic rings. The maximum atomic E-state index is 12.5. The molecule has 0 bridgehead atoms. The van der Waals surface area contributed by atoms with Gasteiger partial charge in [0.1, 0.15) is 6.04 Å². The average Bonchev–Trinajstić information content (AvgIpc) is 2.50. The van der Waals surface area contributed by atoms with Crippen molar-refractivity contribution in [2.75, 3.05) is 26.2 Å². The lowest BCUT2D eigenvalue weighted by Gasteiger charge is -2.35. The van der Waals surface area contributed by atoms with Crippen molar-refractivity contribution < 1.29 is 9.59 Å². The number of rotatable bonds is 4. The fraction of sp³-hybridized carbons (Fsp3) is 0.533. The summed E-state index contributed by atoms with van der Waals surface area (Å²) in [5.74, 6) is -0.148. The van der Waals surface area contributed by atoms with Gasteiger partial charge in [0.15, 0.2) is 0 Å². The van der Waals surface area contributed by atoms with Gasteiger partial charge in [0.2, 0.25) is 11.8 Å². The van der Waals surface area contributed by atoms with Crippen LogP contribution in [0.15, 0.2) is 18.3 Å². The van der Waals surface area contributed by atoms with Gasteiger partial charge < -0.3 is 15.5 Å². The van der Waals surface area contributed by atoms with Gasteiger partial charge in [-0.15, -0.1) is 0 Å². The number of hydrogen-bond donors (Lipinski definition) is 2. The van der Waals surface area contributed by atoms with Gasteiger partial charge in [-0.3, -0.25) is 14.6 Å². The molecule has 6 heteroatoms. The molecule has 114 valence electrons. The summed E-state index contributed by atoms with van der Waals surface area (Å²) in [6.45, 7) is 6.14. The minimum atomic E-state index is -0.435. The van der Waals surface area contributed by atoms with Crippen LogP contribution in [-0.4, -0.2) is 53.9 Å². The standard InChI is InChI=1S/C15H22N4O2/c1-3-17-15(21)13-10-16-7-8-19(13)14(20)9-12-11(2)5-4-6-18-12/h4-6,13,16H,3,7-10H2,1-2H3,(H,17,21). The summed E-state index contributed by atoms with van der Waals surface area (Å²) < 4.78 is 0. The van der Waals surface area contributed by atoms with Gasteiger partial charge in [0.05, 0.1) is 12.1 Å². The van der Waals surface area contributed by atoms with Crippen LogP contribution < -0.4 is 10.6 Å². The Hall–Kier alpha value is -1.95. The van der Waals surface area contributed by atoms with E-state index in [9.17, 15) is 9.59 Å². The van der Waals surface area contributed by atoms with Crippen molar-refractivity contribution in [2.45, 2.75) is 26.3 Å². The van der Waals surface area contributed by atoms with Gasteiger partial charge in [-0.05, 0) is 25.5 Å². The number of nitrogens with zero attached hydrogens (tertiary/aromatic N) is 2. The van der Waals surface area contributed by atoms with Gasteiger partial charge in [0.25, 0.3) is 0 Å². The Bertz CT molecular complexity index is 518. The fourth-order valence-electron chi connectivity index (χ4n) is 2.48. The Morgan fingerprint density at radius 2 is 2.33 bits per heavy atom. The number of carbonyl (C=O) groups excluding carboxylic acids is 2. The van der Waals surface area contributed by atoms with Gasteiger partial charge in [-0.25, -0.2) is 0 Å². The second-order valence-corrected chi connectivity index (χ2v) is 5.15. The first-order valence-electron chi connectivity index (χ1n) is 7.32. The third-order valence-electron chi connectivity index (χ3n) is 3.65. The van der Waals surface area contributed by atoms with Crippen molar-refractivity contribution in [3.05, 3.63) is 29.6 Å². The highest BCUT2D eigenvalue weighted by molar-refractivity contribution is 5.88. The highest BCUT2D eigenvalue weighted by Gasteiger charge is 2.31. The minimum absolute atomic E-state index is 0.0467. The van der Waals surface area contributed by atoms with Crippen LogP contribution in [0.3, 0.4) is 0 Å². The number of amides is 2. The summed E-state index contributed by atoms with van der Waals surface area (Å²) in [6, 6.07) is 3.36. The van der Waals surface area contributed by atoms with Gasteiger partial charge in [-0.2, -0.15) is 0 Å². The quantitative estimate of drug-likeness (QED) is 0.810. The number of carbonyl (C=O) groups is 2. The lowest BCUT2D eigenvalue weighted by atomic mass is 10.1. The zero-order valence-electron chi connectivity index (χ0n) is 12.6. The molecule has 6 nitrogen and oxygen atoms in total. The second kappa shape index (κ2) is 7.17. The van der Waals surface area contributed by atoms with Crippen molar-refractivity contribution in [2.24, 2.45) is 0 Å². The first-order valence-corrected chi connectivity index (χ1v) is 7.32. The van der Waals surface area contributed by atoms with E-state index in [1.807, 2.05) is 26.0 Å². The predicted molar refractivity (Wildman–Crippen MR) is 79.7 cm³/mol. The Morgan fingerprint density at radius 1 is 1.52 bits per heavy atom. The number of aromatic nitrogens is 1. The number of piperazine rings is 1. The summed E-state index contributed by atoms with van der Waals surface area (Å²) in [7, 11) is 0. The first kappa shape index (κ1) is 15.4. The highest BCUT2D eigenvalue weighted by atomic mass is 16.2. The molecule has 2 heterocycles. The molecule has 0 saturated carbocycles. The molecule has 0 radical (unpaired) electrons. The van der Waals surface area contributed by atoms with Crippen LogP contribution in [-0.2, 0) is 16.0 Å². The van der Waals surface area contributed by atoms with Crippen LogP contribution in [0.1, 0.15) is 18.2 Å². The van der Waals surface area contributed by atoms with Crippen molar-refractivity contribution in [1.82, 2.24) is 20.5 Å². The second-order valence-electron chi connectivity index (χ2n) is 5.15. The van der Waals surface area contributed by atoms with E-state index in [4.69, 9.17) is 0 Å². The maximum absolute atomic E-state index is 12.5. The summed E-state index contributed by atoms with van der Waals surface area (Å²) in [6.07, 6.45) is 1.93. The third-order valence-corrected chi connectivity index (χ3v) is 3.65. The van der Waals surface area contributed by atoms with E-state index in [1.165, 1.54) is 0 Å². The Kier molecular flexibility index (Phi) is 5.27. The Balaban J connectivity index is 2.08. The molecule has 21 heavy (non-hydrogen) atoms. The maximum Gasteiger partial charge on any atom is 0.244 e. The molecule has 0 aliphatic carbocycles.